The number of halogens is 3. The maximum absolute atomic E-state index is 12.4. The number of rotatable bonds is 3. The molecule has 0 fully saturated rings. The van der Waals surface area contributed by atoms with E-state index >= 15 is 0 Å². The van der Waals surface area contributed by atoms with Crippen LogP contribution in [0.25, 0.3) is 11.1 Å². The van der Waals surface area contributed by atoms with Gasteiger partial charge in [-0.1, -0.05) is 30.3 Å². The summed E-state index contributed by atoms with van der Waals surface area (Å²) in [6.45, 7) is -2.88. The molecule has 0 aliphatic heterocycles. The molecular formula is C13H10BrF2NO. The highest BCUT2D eigenvalue weighted by Crippen LogP contribution is 2.39. The summed E-state index contributed by atoms with van der Waals surface area (Å²) >= 11 is 3.20. The third-order valence-electron chi connectivity index (χ3n) is 2.42. The van der Waals surface area contributed by atoms with Gasteiger partial charge in [-0.15, -0.1) is 0 Å². The van der Waals surface area contributed by atoms with E-state index in [0.29, 0.717) is 21.3 Å². The fourth-order valence-electron chi connectivity index (χ4n) is 1.67. The van der Waals surface area contributed by atoms with Gasteiger partial charge in [-0.25, -0.2) is 0 Å². The van der Waals surface area contributed by atoms with E-state index in [9.17, 15) is 8.78 Å². The van der Waals surface area contributed by atoms with Gasteiger partial charge < -0.3 is 10.5 Å². The van der Waals surface area contributed by atoms with Gasteiger partial charge in [0, 0.05) is 16.8 Å². The fraction of sp³-hybridized carbons (Fsp3) is 0.0769. The van der Waals surface area contributed by atoms with Crippen LogP contribution < -0.4 is 10.5 Å². The first-order valence-corrected chi connectivity index (χ1v) is 5.97. The number of nitrogen functional groups attached to an aromatic ring is 1. The highest BCUT2D eigenvalue weighted by atomic mass is 79.9. The topological polar surface area (TPSA) is 35.2 Å². The minimum Gasteiger partial charge on any atom is -0.433 e. The highest BCUT2D eigenvalue weighted by Gasteiger charge is 2.15. The van der Waals surface area contributed by atoms with Crippen molar-refractivity contribution in [2.24, 2.45) is 0 Å². The fourth-order valence-corrected chi connectivity index (χ4v) is 2.13. The number of alkyl halides is 2. The molecule has 94 valence electrons. The molecule has 2 rings (SSSR count). The molecule has 5 heteroatoms. The van der Waals surface area contributed by atoms with Crippen LogP contribution in [0.15, 0.2) is 46.9 Å². The summed E-state index contributed by atoms with van der Waals surface area (Å²) in [5, 5.41) is 0. The lowest BCUT2D eigenvalue weighted by Crippen LogP contribution is -2.04. The van der Waals surface area contributed by atoms with Gasteiger partial charge in [0.05, 0.1) is 4.47 Å². The van der Waals surface area contributed by atoms with Crippen molar-refractivity contribution < 1.29 is 13.5 Å². The molecule has 0 aliphatic carbocycles. The SMILES string of the molecule is Nc1ccccc1-c1cccc(Br)c1OC(F)F. The van der Waals surface area contributed by atoms with Gasteiger partial charge >= 0.3 is 6.61 Å². The lowest BCUT2D eigenvalue weighted by Gasteiger charge is -2.13. The average molecular weight is 314 g/mol. The van der Waals surface area contributed by atoms with Crippen LogP contribution >= 0.6 is 15.9 Å². The zero-order valence-corrected chi connectivity index (χ0v) is 10.8. The minimum atomic E-state index is -2.88. The Bertz CT molecular complexity index is 560. The normalized spacial score (nSPS) is 10.7. The summed E-state index contributed by atoms with van der Waals surface area (Å²) in [6.07, 6.45) is 0. The number of hydrogen-bond donors (Lipinski definition) is 1. The van der Waals surface area contributed by atoms with E-state index < -0.39 is 6.61 Å². The average Bonchev–Trinajstić information content (AvgIpc) is 2.32. The van der Waals surface area contributed by atoms with Crippen LogP contribution in [0.3, 0.4) is 0 Å². The maximum atomic E-state index is 12.4. The van der Waals surface area contributed by atoms with Crippen molar-refractivity contribution in [2.45, 2.75) is 6.61 Å². The van der Waals surface area contributed by atoms with Crippen LogP contribution in [0.5, 0.6) is 5.75 Å². The van der Waals surface area contributed by atoms with E-state index in [2.05, 4.69) is 20.7 Å². The van der Waals surface area contributed by atoms with Gasteiger partial charge in [0.2, 0.25) is 0 Å². The molecule has 2 aromatic rings. The maximum Gasteiger partial charge on any atom is 0.387 e. The largest absolute Gasteiger partial charge is 0.433 e. The summed E-state index contributed by atoms with van der Waals surface area (Å²) in [7, 11) is 0. The predicted octanol–water partition coefficient (Wildman–Crippen LogP) is 4.30. The predicted molar refractivity (Wildman–Crippen MR) is 70.6 cm³/mol. The van der Waals surface area contributed by atoms with E-state index in [1.165, 1.54) is 0 Å². The molecule has 0 aromatic heterocycles. The van der Waals surface area contributed by atoms with Crippen molar-refractivity contribution in [3.8, 4) is 16.9 Å². The lowest BCUT2D eigenvalue weighted by atomic mass is 10.0. The summed E-state index contributed by atoms with van der Waals surface area (Å²) in [6, 6.07) is 12.1. The molecule has 18 heavy (non-hydrogen) atoms. The van der Waals surface area contributed by atoms with E-state index in [-0.39, 0.29) is 5.75 Å². The number of anilines is 1. The summed E-state index contributed by atoms with van der Waals surface area (Å²) in [5.74, 6) is 0.0883. The van der Waals surface area contributed by atoms with Gasteiger partial charge in [-0.05, 0) is 28.1 Å². The number of para-hydroxylation sites is 2. The van der Waals surface area contributed by atoms with Crippen LogP contribution in [0, 0.1) is 0 Å². The molecule has 0 bridgehead atoms. The monoisotopic (exact) mass is 313 g/mol. The number of ether oxygens (including phenoxy) is 1. The zero-order chi connectivity index (χ0) is 13.1. The van der Waals surface area contributed by atoms with Gasteiger partial charge in [-0.3, -0.25) is 0 Å². The van der Waals surface area contributed by atoms with Crippen molar-refractivity contribution in [3.63, 3.8) is 0 Å². The smallest absolute Gasteiger partial charge is 0.387 e. The Kier molecular flexibility index (Phi) is 3.81. The molecule has 0 atom stereocenters. The molecule has 0 aliphatic rings. The van der Waals surface area contributed by atoms with Crippen molar-refractivity contribution in [3.05, 3.63) is 46.9 Å². The Labute approximate surface area is 112 Å². The third-order valence-corrected chi connectivity index (χ3v) is 3.05. The van der Waals surface area contributed by atoms with Crippen LogP contribution in [0.4, 0.5) is 14.5 Å². The van der Waals surface area contributed by atoms with E-state index in [1.54, 1.807) is 42.5 Å². The molecule has 2 N–H and O–H groups in total. The van der Waals surface area contributed by atoms with E-state index in [1.807, 2.05) is 0 Å². The first-order valence-electron chi connectivity index (χ1n) is 5.18. The molecule has 0 saturated heterocycles. The molecule has 0 radical (unpaired) electrons. The minimum absolute atomic E-state index is 0.0883. The van der Waals surface area contributed by atoms with Crippen molar-refractivity contribution in [1.29, 1.82) is 0 Å². The number of benzene rings is 2. The second kappa shape index (κ2) is 5.35. The molecule has 0 spiro atoms. The Morgan fingerprint density at radius 3 is 2.33 bits per heavy atom. The number of nitrogens with two attached hydrogens (primary N) is 1. The molecule has 2 nitrogen and oxygen atoms in total. The first-order chi connectivity index (χ1) is 8.59. The van der Waals surface area contributed by atoms with Gasteiger partial charge in [-0.2, -0.15) is 8.78 Å². The summed E-state index contributed by atoms with van der Waals surface area (Å²) in [5.41, 5.74) is 7.54. The Morgan fingerprint density at radius 2 is 1.67 bits per heavy atom. The van der Waals surface area contributed by atoms with E-state index in [0.717, 1.165) is 0 Å². The first kappa shape index (κ1) is 12.8. The molecular weight excluding hydrogens is 304 g/mol. The van der Waals surface area contributed by atoms with Crippen molar-refractivity contribution in [2.75, 3.05) is 5.73 Å². The standard InChI is InChI=1S/C13H10BrF2NO/c14-10-6-3-5-9(12(10)18-13(15)16)8-4-1-2-7-11(8)17/h1-7,13H,17H2. The van der Waals surface area contributed by atoms with Gasteiger partial charge in [0.25, 0.3) is 0 Å². The Morgan fingerprint density at radius 1 is 1.00 bits per heavy atom. The third kappa shape index (κ3) is 2.61. The molecule has 0 amide bonds. The molecule has 2 aromatic carbocycles. The quantitative estimate of drug-likeness (QED) is 0.857. The summed E-state index contributed by atoms with van der Waals surface area (Å²) < 4.78 is 29.9. The zero-order valence-electron chi connectivity index (χ0n) is 9.24. The molecule has 0 saturated carbocycles. The second-order valence-corrected chi connectivity index (χ2v) is 4.44. The van der Waals surface area contributed by atoms with Crippen LogP contribution in [0.1, 0.15) is 0 Å². The Balaban J connectivity index is 2.57. The lowest BCUT2D eigenvalue weighted by molar-refractivity contribution is -0.0499. The van der Waals surface area contributed by atoms with Gasteiger partial charge in [0.15, 0.2) is 0 Å². The second-order valence-electron chi connectivity index (χ2n) is 3.58. The van der Waals surface area contributed by atoms with Gasteiger partial charge in [0.1, 0.15) is 5.75 Å². The molecule has 0 heterocycles. The van der Waals surface area contributed by atoms with Crippen LogP contribution in [-0.2, 0) is 0 Å². The van der Waals surface area contributed by atoms with Crippen molar-refractivity contribution >= 4 is 21.6 Å². The van der Waals surface area contributed by atoms with Crippen LogP contribution in [-0.4, -0.2) is 6.61 Å². The number of hydrogen-bond acceptors (Lipinski definition) is 2. The summed E-state index contributed by atoms with van der Waals surface area (Å²) in [4.78, 5) is 0. The Hall–Kier alpha value is -1.62. The highest BCUT2D eigenvalue weighted by molar-refractivity contribution is 9.10. The van der Waals surface area contributed by atoms with Crippen molar-refractivity contribution in [1.82, 2.24) is 0 Å². The van der Waals surface area contributed by atoms with Crippen LogP contribution in [0.2, 0.25) is 0 Å². The molecule has 0 unspecified atom stereocenters. The van der Waals surface area contributed by atoms with E-state index in [4.69, 9.17) is 5.73 Å².